The summed E-state index contributed by atoms with van der Waals surface area (Å²) in [6.07, 6.45) is 4.64. The van der Waals surface area contributed by atoms with E-state index in [-0.39, 0.29) is 5.91 Å². The monoisotopic (exact) mass is 261 g/mol. The molecule has 0 radical (unpaired) electrons. The summed E-state index contributed by atoms with van der Waals surface area (Å²) < 4.78 is 0. The summed E-state index contributed by atoms with van der Waals surface area (Å²) in [4.78, 5) is 19.9. The van der Waals surface area contributed by atoms with Crippen molar-refractivity contribution in [3.8, 4) is 0 Å². The van der Waals surface area contributed by atoms with Gasteiger partial charge in [-0.25, -0.2) is 4.98 Å². The molecule has 0 fully saturated rings. The van der Waals surface area contributed by atoms with Crippen LogP contribution in [0.1, 0.15) is 22.7 Å². The third-order valence-electron chi connectivity index (χ3n) is 2.47. The second-order valence-electron chi connectivity index (χ2n) is 4.01. The third kappa shape index (κ3) is 3.92. The number of aromatic nitrogens is 2. The van der Waals surface area contributed by atoms with Crippen LogP contribution in [0.5, 0.6) is 0 Å². The van der Waals surface area contributed by atoms with Gasteiger partial charge in [-0.1, -0.05) is 0 Å². The van der Waals surface area contributed by atoms with E-state index < -0.39 is 0 Å². The fourth-order valence-electron chi connectivity index (χ4n) is 1.53. The van der Waals surface area contributed by atoms with Gasteiger partial charge in [-0.3, -0.25) is 9.78 Å². The van der Waals surface area contributed by atoms with Gasteiger partial charge in [-0.05, 0) is 24.6 Å². The van der Waals surface area contributed by atoms with Gasteiger partial charge < -0.3 is 5.32 Å². The zero-order valence-corrected chi connectivity index (χ0v) is 11.0. The molecular weight excluding hydrogens is 246 g/mol. The third-order valence-corrected chi connectivity index (χ3v) is 3.50. The van der Waals surface area contributed by atoms with Gasteiger partial charge in [0.2, 0.25) is 5.91 Å². The predicted molar refractivity (Wildman–Crippen MR) is 71.3 cm³/mol. The highest BCUT2D eigenvalue weighted by atomic mass is 32.1. The lowest BCUT2D eigenvalue weighted by Crippen LogP contribution is -2.22. The summed E-state index contributed by atoms with van der Waals surface area (Å²) in [6, 6.07) is 3.79. The summed E-state index contributed by atoms with van der Waals surface area (Å²) in [7, 11) is 0. The van der Waals surface area contributed by atoms with Gasteiger partial charge >= 0.3 is 0 Å². The number of hydrogen-bond donors (Lipinski definition) is 1. The molecule has 0 saturated carbocycles. The van der Waals surface area contributed by atoms with Gasteiger partial charge in [-0.2, -0.15) is 0 Å². The Kier molecular flexibility index (Phi) is 4.41. The molecule has 0 atom stereocenters. The number of carbonyl (C=O) groups excluding carboxylic acids is 1. The van der Waals surface area contributed by atoms with Gasteiger partial charge in [-0.15, -0.1) is 11.3 Å². The molecule has 4 nitrogen and oxygen atoms in total. The molecule has 2 heterocycles. The summed E-state index contributed by atoms with van der Waals surface area (Å²) in [5, 5.41) is 5.91. The molecule has 0 aliphatic heterocycles. The number of hydrogen-bond acceptors (Lipinski definition) is 4. The predicted octanol–water partition coefficient (Wildman–Crippen LogP) is 2.10. The van der Waals surface area contributed by atoms with Gasteiger partial charge in [0.1, 0.15) is 0 Å². The van der Waals surface area contributed by atoms with Crippen LogP contribution in [0.2, 0.25) is 0 Å². The van der Waals surface area contributed by atoms with Crippen molar-refractivity contribution in [3.05, 3.63) is 46.2 Å². The number of carbonyl (C=O) groups is 1. The quantitative estimate of drug-likeness (QED) is 0.896. The molecular formula is C13H15N3OS. The fraction of sp³-hybridized carbons (Fsp3) is 0.308. The highest BCUT2D eigenvalue weighted by Crippen LogP contribution is 2.10. The first-order valence-corrected chi connectivity index (χ1v) is 6.68. The zero-order valence-electron chi connectivity index (χ0n) is 10.2. The minimum Gasteiger partial charge on any atom is -0.352 e. The van der Waals surface area contributed by atoms with Crippen LogP contribution in [-0.4, -0.2) is 15.9 Å². The lowest BCUT2D eigenvalue weighted by molar-refractivity contribution is -0.121. The van der Waals surface area contributed by atoms with Crippen molar-refractivity contribution in [1.29, 1.82) is 0 Å². The Morgan fingerprint density at radius 2 is 2.17 bits per heavy atom. The molecule has 94 valence electrons. The Hall–Kier alpha value is -1.75. The molecule has 0 unspecified atom stereocenters. The Bertz CT molecular complexity index is 510. The van der Waals surface area contributed by atoms with Crippen molar-refractivity contribution in [3.63, 3.8) is 0 Å². The van der Waals surface area contributed by atoms with Crippen LogP contribution in [0.25, 0.3) is 0 Å². The Labute approximate surface area is 110 Å². The molecule has 0 saturated heterocycles. The van der Waals surface area contributed by atoms with Gasteiger partial charge in [0.25, 0.3) is 0 Å². The van der Waals surface area contributed by atoms with Crippen LogP contribution < -0.4 is 5.32 Å². The molecule has 2 aromatic rings. The first kappa shape index (κ1) is 12.7. The van der Waals surface area contributed by atoms with Crippen LogP contribution in [0, 0.1) is 6.92 Å². The maximum atomic E-state index is 11.6. The molecule has 2 aromatic heterocycles. The minimum absolute atomic E-state index is 0.0552. The zero-order chi connectivity index (χ0) is 12.8. The lowest BCUT2D eigenvalue weighted by Gasteiger charge is -2.04. The van der Waals surface area contributed by atoms with Gasteiger partial charge in [0.05, 0.1) is 5.01 Å². The number of nitrogens with zero attached hydrogens (tertiary/aromatic N) is 2. The van der Waals surface area contributed by atoms with E-state index in [1.807, 2.05) is 24.4 Å². The Morgan fingerprint density at radius 3 is 2.83 bits per heavy atom. The first-order valence-electron chi connectivity index (χ1n) is 5.80. The van der Waals surface area contributed by atoms with E-state index in [1.165, 1.54) is 0 Å². The van der Waals surface area contributed by atoms with E-state index in [1.54, 1.807) is 23.7 Å². The highest BCUT2D eigenvalue weighted by Gasteiger charge is 2.04. The Morgan fingerprint density at radius 1 is 1.39 bits per heavy atom. The fourth-order valence-corrected chi connectivity index (χ4v) is 2.30. The number of thiazole rings is 1. The molecule has 0 bridgehead atoms. The summed E-state index contributed by atoms with van der Waals surface area (Å²) in [6.45, 7) is 2.52. The van der Waals surface area contributed by atoms with Crippen molar-refractivity contribution in [2.45, 2.75) is 26.3 Å². The van der Waals surface area contributed by atoms with Crippen molar-refractivity contribution in [2.24, 2.45) is 0 Å². The standard InChI is InChI=1S/C13H15N3OS/c1-10-9-18-13(16-10)3-2-12(17)15-8-11-4-6-14-7-5-11/h4-7,9H,2-3,8H2,1H3,(H,15,17). The maximum absolute atomic E-state index is 11.6. The normalized spacial score (nSPS) is 10.3. The lowest BCUT2D eigenvalue weighted by atomic mass is 10.2. The number of pyridine rings is 1. The second-order valence-corrected chi connectivity index (χ2v) is 4.96. The highest BCUT2D eigenvalue weighted by molar-refractivity contribution is 7.09. The number of aryl methyl sites for hydroxylation is 2. The average molecular weight is 261 g/mol. The number of amides is 1. The minimum atomic E-state index is 0.0552. The van der Waals surface area contributed by atoms with E-state index >= 15 is 0 Å². The molecule has 18 heavy (non-hydrogen) atoms. The smallest absolute Gasteiger partial charge is 0.220 e. The second kappa shape index (κ2) is 6.26. The average Bonchev–Trinajstić information content (AvgIpc) is 2.81. The molecule has 0 aliphatic rings. The van der Waals surface area contributed by atoms with E-state index in [0.717, 1.165) is 16.3 Å². The summed E-state index contributed by atoms with van der Waals surface area (Å²) >= 11 is 1.61. The maximum Gasteiger partial charge on any atom is 0.220 e. The van der Waals surface area contributed by atoms with Crippen LogP contribution in [0.4, 0.5) is 0 Å². The Balaban J connectivity index is 1.73. The van der Waals surface area contributed by atoms with Crippen molar-refractivity contribution in [2.75, 3.05) is 0 Å². The van der Waals surface area contributed by atoms with Crippen LogP contribution in [-0.2, 0) is 17.8 Å². The summed E-state index contributed by atoms with van der Waals surface area (Å²) in [5.74, 6) is 0.0552. The molecule has 1 amide bonds. The van der Waals surface area contributed by atoms with Gasteiger partial charge in [0.15, 0.2) is 0 Å². The molecule has 1 N–H and O–H groups in total. The first-order chi connectivity index (χ1) is 8.74. The molecule has 0 aromatic carbocycles. The largest absolute Gasteiger partial charge is 0.352 e. The molecule has 0 spiro atoms. The summed E-state index contributed by atoms with van der Waals surface area (Å²) in [5.41, 5.74) is 2.08. The van der Waals surface area contributed by atoms with E-state index in [9.17, 15) is 4.79 Å². The number of rotatable bonds is 5. The topological polar surface area (TPSA) is 54.9 Å². The SMILES string of the molecule is Cc1csc(CCC(=O)NCc2ccncc2)n1. The van der Waals surface area contributed by atoms with Gasteiger partial charge in [0, 0.05) is 42.9 Å². The number of nitrogens with one attached hydrogen (secondary N) is 1. The molecule has 2 rings (SSSR count). The van der Waals surface area contributed by atoms with Crippen LogP contribution in [0.3, 0.4) is 0 Å². The van der Waals surface area contributed by atoms with Crippen molar-refractivity contribution in [1.82, 2.24) is 15.3 Å². The van der Waals surface area contributed by atoms with Crippen LogP contribution >= 0.6 is 11.3 Å². The molecule has 5 heteroatoms. The van der Waals surface area contributed by atoms with Crippen LogP contribution in [0.15, 0.2) is 29.9 Å². The van der Waals surface area contributed by atoms with E-state index in [0.29, 0.717) is 19.4 Å². The van der Waals surface area contributed by atoms with E-state index in [4.69, 9.17) is 0 Å². The molecule has 0 aliphatic carbocycles. The van der Waals surface area contributed by atoms with Crippen molar-refractivity contribution >= 4 is 17.2 Å². The van der Waals surface area contributed by atoms with E-state index in [2.05, 4.69) is 15.3 Å². The van der Waals surface area contributed by atoms with Crippen molar-refractivity contribution < 1.29 is 4.79 Å².